The van der Waals surface area contributed by atoms with Gasteiger partial charge in [0.05, 0.1) is 5.69 Å². The molecule has 4 heteroatoms. The van der Waals surface area contributed by atoms with E-state index in [1.807, 2.05) is 11.0 Å². The third-order valence-electron chi connectivity index (χ3n) is 5.01. The van der Waals surface area contributed by atoms with Gasteiger partial charge in [-0.3, -0.25) is 5.10 Å². The molecule has 0 spiro atoms. The maximum Gasteiger partial charge on any atom is 0.179 e. The van der Waals surface area contributed by atoms with Crippen LogP contribution < -0.4 is 0 Å². The third kappa shape index (κ3) is 3.01. The van der Waals surface area contributed by atoms with Crippen molar-refractivity contribution in [1.29, 1.82) is 5.26 Å². The van der Waals surface area contributed by atoms with Crippen LogP contribution in [0.5, 0.6) is 0 Å². The number of nitrogens with zero attached hydrogens (tertiary/aromatic N) is 3. The highest BCUT2D eigenvalue weighted by Crippen LogP contribution is 2.32. The van der Waals surface area contributed by atoms with E-state index < -0.39 is 0 Å². The summed E-state index contributed by atoms with van der Waals surface area (Å²) in [5.41, 5.74) is 5.56. The van der Waals surface area contributed by atoms with Crippen LogP contribution in [0.4, 0.5) is 0 Å². The first kappa shape index (κ1) is 15.5. The third-order valence-corrected chi connectivity index (χ3v) is 5.01. The van der Waals surface area contributed by atoms with E-state index in [1.165, 1.54) is 11.1 Å². The Hall–Kier alpha value is -3.06. The average Bonchev–Trinajstić information content (AvgIpc) is 3.29. The first-order valence-corrected chi connectivity index (χ1v) is 8.62. The van der Waals surface area contributed by atoms with Crippen LogP contribution in [0.15, 0.2) is 60.7 Å². The second-order valence-electron chi connectivity index (χ2n) is 6.69. The lowest BCUT2D eigenvalue weighted by Crippen LogP contribution is -2.20. The normalized spacial score (nSPS) is 19.8. The molecule has 0 amide bonds. The zero-order chi connectivity index (χ0) is 17.2. The Morgan fingerprint density at radius 3 is 2.56 bits per heavy atom. The van der Waals surface area contributed by atoms with Crippen molar-refractivity contribution in [3.05, 3.63) is 66.4 Å². The smallest absolute Gasteiger partial charge is 0.179 e. The Bertz CT molecular complexity index is 907. The quantitative estimate of drug-likeness (QED) is 0.725. The van der Waals surface area contributed by atoms with E-state index in [-0.39, 0.29) is 0 Å². The number of benzene rings is 2. The van der Waals surface area contributed by atoms with Gasteiger partial charge in [-0.2, -0.15) is 10.4 Å². The van der Waals surface area contributed by atoms with Crippen molar-refractivity contribution in [3.8, 4) is 28.6 Å². The van der Waals surface area contributed by atoms with Crippen molar-refractivity contribution in [2.24, 2.45) is 0 Å². The average molecular weight is 328 g/mol. The molecule has 2 unspecified atom stereocenters. The van der Waals surface area contributed by atoms with Gasteiger partial charge >= 0.3 is 0 Å². The minimum absolute atomic E-state index is 0.295. The number of aromatic nitrogens is 2. The minimum atomic E-state index is 0.295. The number of rotatable bonds is 3. The molecule has 0 saturated carbocycles. The highest BCUT2D eigenvalue weighted by molar-refractivity contribution is 5.71. The van der Waals surface area contributed by atoms with Gasteiger partial charge < -0.3 is 4.90 Å². The molecule has 124 valence electrons. The van der Waals surface area contributed by atoms with Crippen LogP contribution in [0.1, 0.15) is 25.0 Å². The van der Waals surface area contributed by atoms with Crippen molar-refractivity contribution in [2.75, 3.05) is 6.54 Å². The molecule has 0 bridgehead atoms. The molecule has 2 heterocycles. The first-order chi connectivity index (χ1) is 12.2. The van der Waals surface area contributed by atoms with E-state index in [0.29, 0.717) is 12.0 Å². The zero-order valence-corrected chi connectivity index (χ0v) is 14.2. The van der Waals surface area contributed by atoms with Crippen LogP contribution >= 0.6 is 0 Å². The molecule has 1 aromatic heterocycles. The Morgan fingerprint density at radius 1 is 1.04 bits per heavy atom. The lowest BCUT2D eigenvalue weighted by atomic mass is 9.99. The summed E-state index contributed by atoms with van der Waals surface area (Å²) in [6.07, 6.45) is 3.26. The van der Waals surface area contributed by atoms with Crippen molar-refractivity contribution in [3.63, 3.8) is 0 Å². The molecule has 1 saturated heterocycles. The Labute approximate surface area is 147 Å². The standard InChI is InChI=1S/C21H20N4/c1-15-10-19(13-25(15)14-22)21-12-20(23-24-21)18-9-5-8-17(11-18)16-6-3-2-4-7-16/h2-9,11-12,15,19H,10,13H2,1H3,(H,23,24). The second kappa shape index (κ2) is 6.45. The summed E-state index contributed by atoms with van der Waals surface area (Å²) >= 11 is 0. The van der Waals surface area contributed by atoms with E-state index in [0.717, 1.165) is 29.9 Å². The SMILES string of the molecule is CC1CC(c2cc(-c3cccc(-c4ccccc4)c3)n[nH]2)CN1C#N. The van der Waals surface area contributed by atoms with Gasteiger partial charge in [-0.15, -0.1) is 0 Å². The molecule has 4 nitrogen and oxygen atoms in total. The number of nitrogens with one attached hydrogen (secondary N) is 1. The fraction of sp³-hybridized carbons (Fsp3) is 0.238. The monoisotopic (exact) mass is 328 g/mol. The Morgan fingerprint density at radius 2 is 1.80 bits per heavy atom. The molecule has 2 aromatic carbocycles. The summed E-state index contributed by atoms with van der Waals surface area (Å²) in [7, 11) is 0. The van der Waals surface area contributed by atoms with Crippen LogP contribution in [0.2, 0.25) is 0 Å². The number of hydrogen-bond acceptors (Lipinski definition) is 3. The van der Waals surface area contributed by atoms with Gasteiger partial charge in [0, 0.05) is 29.8 Å². The van der Waals surface area contributed by atoms with Crippen LogP contribution in [0.25, 0.3) is 22.4 Å². The molecule has 0 aliphatic carbocycles. The van der Waals surface area contributed by atoms with Gasteiger partial charge in [0.2, 0.25) is 0 Å². The molecule has 1 fully saturated rings. The molecule has 3 aromatic rings. The molecule has 0 radical (unpaired) electrons. The largest absolute Gasteiger partial charge is 0.307 e. The van der Waals surface area contributed by atoms with Gasteiger partial charge in [-0.25, -0.2) is 0 Å². The minimum Gasteiger partial charge on any atom is -0.307 e. The van der Waals surface area contributed by atoms with Gasteiger partial charge in [0.1, 0.15) is 0 Å². The molecule has 4 rings (SSSR count). The van der Waals surface area contributed by atoms with Gasteiger partial charge in [-0.05, 0) is 36.6 Å². The fourth-order valence-corrected chi connectivity index (χ4v) is 3.58. The lowest BCUT2D eigenvalue weighted by molar-refractivity contribution is 0.387. The fourth-order valence-electron chi connectivity index (χ4n) is 3.58. The molecule has 1 aliphatic heterocycles. The first-order valence-electron chi connectivity index (χ1n) is 8.62. The predicted octanol–water partition coefficient (Wildman–Crippen LogP) is 4.40. The van der Waals surface area contributed by atoms with E-state index in [2.05, 4.69) is 77.9 Å². The topological polar surface area (TPSA) is 55.7 Å². The van der Waals surface area contributed by atoms with Gasteiger partial charge in [0.15, 0.2) is 6.19 Å². The molecule has 2 atom stereocenters. The van der Waals surface area contributed by atoms with Crippen LogP contribution in [0, 0.1) is 11.5 Å². The van der Waals surface area contributed by atoms with Gasteiger partial charge in [-0.1, -0.05) is 48.5 Å². The van der Waals surface area contributed by atoms with Crippen LogP contribution in [-0.2, 0) is 0 Å². The predicted molar refractivity (Wildman–Crippen MR) is 98.6 cm³/mol. The maximum absolute atomic E-state index is 9.17. The second-order valence-corrected chi connectivity index (χ2v) is 6.69. The number of nitriles is 1. The van der Waals surface area contributed by atoms with Crippen LogP contribution in [-0.4, -0.2) is 27.7 Å². The lowest BCUT2D eigenvalue weighted by Gasteiger charge is -2.11. The van der Waals surface area contributed by atoms with E-state index in [9.17, 15) is 5.26 Å². The number of H-pyrrole nitrogens is 1. The summed E-state index contributed by atoms with van der Waals surface area (Å²) in [6.45, 7) is 2.87. The van der Waals surface area contributed by atoms with Crippen LogP contribution in [0.3, 0.4) is 0 Å². The van der Waals surface area contributed by atoms with Crippen molar-refractivity contribution in [2.45, 2.75) is 25.3 Å². The molecular formula is C21H20N4. The maximum atomic E-state index is 9.17. The molecule has 1 aliphatic rings. The van der Waals surface area contributed by atoms with Crippen molar-refractivity contribution in [1.82, 2.24) is 15.1 Å². The molecular weight excluding hydrogens is 308 g/mol. The highest BCUT2D eigenvalue weighted by atomic mass is 15.2. The summed E-state index contributed by atoms with van der Waals surface area (Å²) in [5, 5.41) is 16.9. The van der Waals surface area contributed by atoms with Gasteiger partial charge in [0.25, 0.3) is 0 Å². The summed E-state index contributed by atoms with van der Waals surface area (Å²) in [5.74, 6) is 0.341. The van der Waals surface area contributed by atoms with E-state index >= 15 is 0 Å². The molecule has 1 N–H and O–H groups in total. The van der Waals surface area contributed by atoms with Crippen molar-refractivity contribution < 1.29 is 0 Å². The van der Waals surface area contributed by atoms with E-state index in [4.69, 9.17) is 0 Å². The molecule has 25 heavy (non-hydrogen) atoms. The van der Waals surface area contributed by atoms with Crippen molar-refractivity contribution >= 4 is 0 Å². The zero-order valence-electron chi connectivity index (χ0n) is 14.2. The number of hydrogen-bond donors (Lipinski definition) is 1. The Balaban J connectivity index is 1.60. The number of likely N-dealkylation sites (tertiary alicyclic amines) is 1. The highest BCUT2D eigenvalue weighted by Gasteiger charge is 2.30. The number of aromatic amines is 1. The summed E-state index contributed by atoms with van der Waals surface area (Å²) in [4.78, 5) is 1.85. The summed E-state index contributed by atoms with van der Waals surface area (Å²) in [6, 6.07) is 21.2. The van der Waals surface area contributed by atoms with E-state index in [1.54, 1.807) is 0 Å². The Kier molecular flexibility index (Phi) is 3.99. The summed E-state index contributed by atoms with van der Waals surface area (Å²) < 4.78 is 0.